The lowest BCUT2D eigenvalue weighted by atomic mass is 10.1. The van der Waals surface area contributed by atoms with Gasteiger partial charge in [-0.2, -0.15) is 0 Å². The van der Waals surface area contributed by atoms with Crippen LogP contribution in [0, 0.1) is 0 Å². The number of benzene rings is 1. The number of alkyl halides is 2. The SMILES string of the molecule is COc1cc2c(cc1Br)C(=O)C(Br)(Br)O2. The number of methoxy groups -OCH3 is 1. The van der Waals surface area contributed by atoms with Gasteiger partial charge in [-0.05, 0) is 53.9 Å². The van der Waals surface area contributed by atoms with Crippen molar-refractivity contribution in [1.29, 1.82) is 0 Å². The highest BCUT2D eigenvalue weighted by atomic mass is 79.9. The summed E-state index contributed by atoms with van der Waals surface area (Å²) in [6.45, 7) is 0. The first-order valence-electron chi connectivity index (χ1n) is 3.95. The van der Waals surface area contributed by atoms with E-state index in [1.807, 2.05) is 0 Å². The lowest BCUT2D eigenvalue weighted by Crippen LogP contribution is -2.23. The van der Waals surface area contributed by atoms with Crippen molar-refractivity contribution in [2.24, 2.45) is 0 Å². The third kappa shape index (κ3) is 1.83. The van der Waals surface area contributed by atoms with Gasteiger partial charge in [-0.15, -0.1) is 0 Å². The molecule has 0 N–H and O–H groups in total. The summed E-state index contributed by atoms with van der Waals surface area (Å²) in [4.78, 5) is 11.8. The molecule has 0 radical (unpaired) electrons. The van der Waals surface area contributed by atoms with Crippen molar-refractivity contribution in [3.05, 3.63) is 22.2 Å². The third-order valence-electron chi connectivity index (χ3n) is 2.00. The van der Waals surface area contributed by atoms with Crippen molar-refractivity contribution >= 4 is 53.6 Å². The third-order valence-corrected chi connectivity index (χ3v) is 3.66. The molecular formula is C9H5Br3O3. The first-order chi connectivity index (χ1) is 6.95. The number of halogens is 3. The molecule has 0 amide bonds. The molecule has 0 saturated carbocycles. The van der Waals surface area contributed by atoms with E-state index in [1.165, 1.54) is 0 Å². The molecule has 3 nitrogen and oxygen atoms in total. The highest BCUT2D eigenvalue weighted by Gasteiger charge is 2.44. The maximum Gasteiger partial charge on any atom is 0.280 e. The molecule has 1 aromatic carbocycles. The molecule has 0 atom stereocenters. The van der Waals surface area contributed by atoms with Gasteiger partial charge in [0.15, 0.2) is 0 Å². The Balaban J connectivity index is 2.57. The van der Waals surface area contributed by atoms with Crippen LogP contribution in [-0.4, -0.2) is 16.3 Å². The summed E-state index contributed by atoms with van der Waals surface area (Å²) >= 11 is 9.61. The number of hydrogen-bond acceptors (Lipinski definition) is 3. The smallest absolute Gasteiger partial charge is 0.280 e. The fourth-order valence-electron chi connectivity index (χ4n) is 1.29. The minimum atomic E-state index is -1.14. The molecule has 1 aliphatic rings. The molecule has 80 valence electrons. The van der Waals surface area contributed by atoms with E-state index in [1.54, 1.807) is 19.2 Å². The minimum Gasteiger partial charge on any atom is -0.495 e. The van der Waals surface area contributed by atoms with Crippen LogP contribution in [0.2, 0.25) is 0 Å². The van der Waals surface area contributed by atoms with Crippen molar-refractivity contribution in [3.8, 4) is 11.5 Å². The van der Waals surface area contributed by atoms with Crippen LogP contribution in [0.1, 0.15) is 10.4 Å². The molecule has 0 unspecified atom stereocenters. The molecule has 15 heavy (non-hydrogen) atoms. The van der Waals surface area contributed by atoms with Crippen molar-refractivity contribution < 1.29 is 14.3 Å². The van der Waals surface area contributed by atoms with Crippen molar-refractivity contribution in [3.63, 3.8) is 0 Å². The van der Waals surface area contributed by atoms with Gasteiger partial charge in [-0.3, -0.25) is 4.79 Å². The Labute approximate surface area is 112 Å². The second kappa shape index (κ2) is 3.75. The van der Waals surface area contributed by atoms with Gasteiger partial charge in [0.05, 0.1) is 17.1 Å². The molecule has 6 heteroatoms. The van der Waals surface area contributed by atoms with Crippen LogP contribution in [0.3, 0.4) is 0 Å². The summed E-state index contributed by atoms with van der Waals surface area (Å²) in [6, 6.07) is 3.35. The van der Waals surface area contributed by atoms with E-state index in [9.17, 15) is 4.79 Å². The van der Waals surface area contributed by atoms with Crippen LogP contribution in [0.4, 0.5) is 0 Å². The van der Waals surface area contributed by atoms with Crippen LogP contribution < -0.4 is 9.47 Å². The number of ketones is 1. The van der Waals surface area contributed by atoms with Gasteiger partial charge < -0.3 is 9.47 Å². The van der Waals surface area contributed by atoms with Crippen molar-refractivity contribution in [1.82, 2.24) is 0 Å². The number of fused-ring (bicyclic) bond motifs is 1. The quantitative estimate of drug-likeness (QED) is 0.677. The maximum absolute atomic E-state index is 11.8. The summed E-state index contributed by atoms with van der Waals surface area (Å²) in [6.07, 6.45) is 0. The molecule has 0 aromatic heterocycles. The number of Topliss-reactive ketones (excluding diaryl/α,β-unsaturated/α-hetero) is 1. The van der Waals surface area contributed by atoms with Crippen LogP contribution >= 0.6 is 47.8 Å². The largest absolute Gasteiger partial charge is 0.495 e. The number of rotatable bonds is 1. The van der Waals surface area contributed by atoms with Gasteiger partial charge in [0.1, 0.15) is 11.5 Å². The maximum atomic E-state index is 11.8. The van der Waals surface area contributed by atoms with Crippen LogP contribution in [-0.2, 0) is 0 Å². The number of carbonyl (C=O) groups excluding carboxylic acids is 1. The van der Waals surface area contributed by atoms with Crippen LogP contribution in [0.25, 0.3) is 0 Å². The summed E-state index contributed by atoms with van der Waals surface area (Å²) in [5.74, 6) is 0.953. The average Bonchev–Trinajstić information content (AvgIpc) is 2.38. The van der Waals surface area contributed by atoms with Gasteiger partial charge in [-0.25, -0.2) is 0 Å². The predicted molar refractivity (Wildman–Crippen MR) is 66.2 cm³/mol. The fraction of sp³-hybridized carbons (Fsp3) is 0.222. The lowest BCUT2D eigenvalue weighted by molar-refractivity contribution is 0.0922. The van der Waals surface area contributed by atoms with E-state index in [2.05, 4.69) is 47.8 Å². The summed E-state index contributed by atoms with van der Waals surface area (Å²) in [5.41, 5.74) is 0.511. The number of carbonyl (C=O) groups is 1. The highest BCUT2D eigenvalue weighted by molar-refractivity contribution is 9.25. The van der Waals surface area contributed by atoms with E-state index >= 15 is 0 Å². The first kappa shape index (κ1) is 11.4. The second-order valence-electron chi connectivity index (χ2n) is 2.93. The topological polar surface area (TPSA) is 35.5 Å². The van der Waals surface area contributed by atoms with Gasteiger partial charge in [0.2, 0.25) is 5.78 Å². The molecule has 0 aliphatic carbocycles. The summed E-state index contributed by atoms with van der Waals surface area (Å²) < 4.78 is 10.1. The first-order valence-corrected chi connectivity index (χ1v) is 6.33. The van der Waals surface area contributed by atoms with Crippen molar-refractivity contribution in [2.75, 3.05) is 7.11 Å². The zero-order chi connectivity index (χ0) is 11.2. The molecule has 0 fully saturated rings. The van der Waals surface area contributed by atoms with E-state index < -0.39 is 3.42 Å². The van der Waals surface area contributed by atoms with Gasteiger partial charge in [0.25, 0.3) is 3.42 Å². The van der Waals surface area contributed by atoms with Gasteiger partial charge in [0, 0.05) is 6.07 Å². The summed E-state index contributed by atoms with van der Waals surface area (Å²) in [7, 11) is 1.55. The number of hydrogen-bond donors (Lipinski definition) is 0. The van der Waals surface area contributed by atoms with Crippen molar-refractivity contribution in [2.45, 2.75) is 3.42 Å². The Morgan fingerprint density at radius 2 is 2.07 bits per heavy atom. The molecule has 0 bridgehead atoms. The zero-order valence-corrected chi connectivity index (χ0v) is 12.3. The Morgan fingerprint density at radius 3 is 2.67 bits per heavy atom. The molecule has 0 spiro atoms. The van der Waals surface area contributed by atoms with Crippen LogP contribution in [0.5, 0.6) is 11.5 Å². The standard InChI is InChI=1S/C9H5Br3O3/c1-14-7-3-6-4(2-5(7)10)8(13)9(11,12)15-6/h2-3H,1H3. The molecule has 0 saturated heterocycles. The highest BCUT2D eigenvalue weighted by Crippen LogP contribution is 2.46. The second-order valence-corrected chi connectivity index (χ2v) is 7.08. The molecule has 1 heterocycles. The lowest BCUT2D eigenvalue weighted by Gasteiger charge is -2.10. The zero-order valence-electron chi connectivity index (χ0n) is 7.51. The van der Waals surface area contributed by atoms with E-state index in [0.717, 1.165) is 4.47 Å². The molecular weight excluding hydrogens is 396 g/mol. The average molecular weight is 401 g/mol. The fourth-order valence-corrected chi connectivity index (χ4v) is 2.58. The Bertz CT molecular complexity index is 442. The minimum absolute atomic E-state index is 0.166. The van der Waals surface area contributed by atoms with Crippen LogP contribution in [0.15, 0.2) is 16.6 Å². The Morgan fingerprint density at radius 1 is 1.40 bits per heavy atom. The Hall–Kier alpha value is -0.0700. The van der Waals surface area contributed by atoms with Gasteiger partial charge in [-0.1, -0.05) is 0 Å². The monoisotopic (exact) mass is 398 g/mol. The van der Waals surface area contributed by atoms with Gasteiger partial charge >= 0.3 is 0 Å². The normalized spacial score (nSPS) is 17.2. The molecule has 2 rings (SSSR count). The summed E-state index contributed by atoms with van der Waals surface area (Å²) in [5, 5.41) is 0. The molecule has 1 aromatic rings. The molecule has 1 aliphatic heterocycles. The number of ether oxygens (including phenoxy) is 2. The predicted octanol–water partition coefficient (Wildman–Crippen LogP) is 3.48. The Kier molecular flexibility index (Phi) is 2.85. The van der Waals surface area contributed by atoms with E-state index in [-0.39, 0.29) is 5.78 Å². The van der Waals surface area contributed by atoms with E-state index in [0.29, 0.717) is 17.1 Å². The van der Waals surface area contributed by atoms with E-state index in [4.69, 9.17) is 9.47 Å².